The number of hydrogen-bond donors (Lipinski definition) is 0. The molecule has 0 aliphatic heterocycles. The molecule has 0 radical (unpaired) electrons. The minimum atomic E-state index is 0.742. The van der Waals surface area contributed by atoms with Crippen molar-refractivity contribution >= 4 is 27.5 Å². The van der Waals surface area contributed by atoms with Gasteiger partial charge in [0.2, 0.25) is 0 Å². The van der Waals surface area contributed by atoms with E-state index in [0.29, 0.717) is 0 Å². The maximum Gasteiger partial charge on any atom is 0.107 e. The van der Waals surface area contributed by atoms with Gasteiger partial charge in [0.15, 0.2) is 0 Å². The molecule has 0 saturated carbocycles. The zero-order valence-corrected chi connectivity index (χ0v) is 11.5. The predicted octanol–water partition coefficient (Wildman–Crippen LogP) is 4.07. The van der Waals surface area contributed by atoms with E-state index >= 15 is 0 Å². The molecule has 0 spiro atoms. The average Bonchev–Trinajstić information content (AvgIpc) is 2.55. The van der Waals surface area contributed by atoms with Crippen LogP contribution in [0.5, 0.6) is 0 Å². The Morgan fingerprint density at radius 1 is 1.31 bits per heavy atom. The van der Waals surface area contributed by atoms with Crippen molar-refractivity contribution in [3.05, 3.63) is 39.5 Å². The molecular weight excluding hydrogens is 288 g/mol. The Labute approximate surface area is 108 Å². The molecule has 1 aromatic carbocycles. The molecule has 2 rings (SSSR count). The summed E-state index contributed by atoms with van der Waals surface area (Å²) in [7, 11) is 1.96. The van der Waals surface area contributed by atoms with Crippen LogP contribution in [0.4, 0.5) is 0 Å². The van der Waals surface area contributed by atoms with Crippen molar-refractivity contribution in [3.63, 3.8) is 0 Å². The first kappa shape index (κ1) is 11.7. The number of hydrogen-bond acceptors (Lipinski definition) is 1. The molecule has 1 heterocycles. The van der Waals surface area contributed by atoms with Crippen LogP contribution in [-0.4, -0.2) is 9.78 Å². The molecule has 84 valence electrons. The van der Waals surface area contributed by atoms with Crippen molar-refractivity contribution in [3.8, 4) is 11.3 Å². The van der Waals surface area contributed by atoms with Gasteiger partial charge in [0.1, 0.15) is 5.69 Å². The Morgan fingerprint density at radius 2 is 1.94 bits per heavy atom. The van der Waals surface area contributed by atoms with Gasteiger partial charge < -0.3 is 0 Å². The Balaban J connectivity index is 2.52. The summed E-state index contributed by atoms with van der Waals surface area (Å²) in [5.74, 6) is 0. The topological polar surface area (TPSA) is 17.8 Å². The fraction of sp³-hybridized carbons (Fsp3) is 0.250. The molecule has 16 heavy (non-hydrogen) atoms. The van der Waals surface area contributed by atoms with Crippen molar-refractivity contribution in [1.82, 2.24) is 9.78 Å². The van der Waals surface area contributed by atoms with Crippen LogP contribution < -0.4 is 0 Å². The van der Waals surface area contributed by atoms with Crippen LogP contribution in [-0.2, 0) is 13.5 Å². The quantitative estimate of drug-likeness (QED) is 0.817. The van der Waals surface area contributed by atoms with Crippen LogP contribution in [0, 0.1) is 0 Å². The largest absolute Gasteiger partial charge is 0.271 e. The zero-order valence-electron chi connectivity index (χ0n) is 9.17. The standard InChI is InChI=1S/C12H12BrClN2/c1-3-10-11(13)12(15-16(10)2)8-4-6-9(14)7-5-8/h4-7H,3H2,1-2H3. The molecule has 1 aromatic heterocycles. The van der Waals surface area contributed by atoms with Gasteiger partial charge in [0.25, 0.3) is 0 Å². The van der Waals surface area contributed by atoms with E-state index in [1.807, 2.05) is 36.0 Å². The number of nitrogens with zero attached hydrogens (tertiary/aromatic N) is 2. The summed E-state index contributed by atoms with van der Waals surface area (Å²) in [6.07, 6.45) is 0.956. The zero-order chi connectivity index (χ0) is 11.7. The van der Waals surface area contributed by atoms with E-state index in [4.69, 9.17) is 11.6 Å². The highest BCUT2D eigenvalue weighted by Gasteiger charge is 2.13. The maximum absolute atomic E-state index is 5.87. The van der Waals surface area contributed by atoms with Crippen molar-refractivity contribution in [2.24, 2.45) is 7.05 Å². The van der Waals surface area contributed by atoms with E-state index in [-0.39, 0.29) is 0 Å². The summed E-state index contributed by atoms with van der Waals surface area (Å²) in [6, 6.07) is 7.72. The third-order valence-electron chi connectivity index (χ3n) is 2.55. The lowest BCUT2D eigenvalue weighted by Gasteiger charge is -1.98. The van der Waals surface area contributed by atoms with Gasteiger partial charge in [-0.1, -0.05) is 30.7 Å². The van der Waals surface area contributed by atoms with Crippen LogP contribution >= 0.6 is 27.5 Å². The highest BCUT2D eigenvalue weighted by molar-refractivity contribution is 9.10. The van der Waals surface area contributed by atoms with Gasteiger partial charge in [0.05, 0.1) is 10.2 Å². The molecule has 0 atom stereocenters. The number of rotatable bonds is 2. The molecule has 0 unspecified atom stereocenters. The molecule has 0 amide bonds. The van der Waals surface area contributed by atoms with Crippen molar-refractivity contribution < 1.29 is 0 Å². The third kappa shape index (κ3) is 2.02. The first-order valence-electron chi connectivity index (χ1n) is 5.10. The predicted molar refractivity (Wildman–Crippen MR) is 70.7 cm³/mol. The average molecular weight is 300 g/mol. The van der Waals surface area contributed by atoms with Crippen molar-refractivity contribution in [2.75, 3.05) is 0 Å². The summed E-state index contributed by atoms with van der Waals surface area (Å²) in [5.41, 5.74) is 3.24. The summed E-state index contributed by atoms with van der Waals surface area (Å²) in [4.78, 5) is 0. The van der Waals surface area contributed by atoms with Gasteiger partial charge in [-0.05, 0) is 34.5 Å². The summed E-state index contributed by atoms with van der Waals surface area (Å²) >= 11 is 9.47. The fourth-order valence-corrected chi connectivity index (χ4v) is 2.68. The van der Waals surface area contributed by atoms with Crippen LogP contribution in [0.15, 0.2) is 28.7 Å². The van der Waals surface area contributed by atoms with Gasteiger partial charge in [0, 0.05) is 17.6 Å². The lowest BCUT2D eigenvalue weighted by atomic mass is 10.1. The maximum atomic E-state index is 5.87. The van der Waals surface area contributed by atoms with Crippen LogP contribution in [0.25, 0.3) is 11.3 Å². The molecule has 0 N–H and O–H groups in total. The lowest BCUT2D eigenvalue weighted by molar-refractivity contribution is 0.719. The van der Waals surface area contributed by atoms with Gasteiger partial charge in [-0.15, -0.1) is 0 Å². The summed E-state index contributed by atoms with van der Waals surface area (Å²) in [5, 5.41) is 5.25. The van der Waals surface area contributed by atoms with E-state index in [2.05, 4.69) is 28.0 Å². The number of aryl methyl sites for hydroxylation is 1. The minimum Gasteiger partial charge on any atom is -0.271 e. The third-order valence-corrected chi connectivity index (χ3v) is 3.64. The van der Waals surface area contributed by atoms with E-state index in [9.17, 15) is 0 Å². The molecule has 0 fully saturated rings. The van der Waals surface area contributed by atoms with Gasteiger partial charge in [-0.2, -0.15) is 5.10 Å². The number of aromatic nitrogens is 2. The first-order chi connectivity index (χ1) is 7.63. The first-order valence-corrected chi connectivity index (χ1v) is 6.28. The molecule has 2 nitrogen and oxygen atoms in total. The second-order valence-electron chi connectivity index (χ2n) is 3.59. The second kappa shape index (κ2) is 4.60. The second-order valence-corrected chi connectivity index (χ2v) is 4.82. The summed E-state index contributed by atoms with van der Waals surface area (Å²) in [6.45, 7) is 2.12. The van der Waals surface area contributed by atoms with Crippen LogP contribution in [0.3, 0.4) is 0 Å². The van der Waals surface area contributed by atoms with Gasteiger partial charge in [-0.3, -0.25) is 4.68 Å². The molecule has 0 bridgehead atoms. The highest BCUT2D eigenvalue weighted by atomic mass is 79.9. The number of halogens is 2. The molecule has 2 aromatic rings. The van der Waals surface area contributed by atoms with Crippen molar-refractivity contribution in [1.29, 1.82) is 0 Å². The monoisotopic (exact) mass is 298 g/mol. The molecule has 4 heteroatoms. The Morgan fingerprint density at radius 3 is 2.44 bits per heavy atom. The van der Waals surface area contributed by atoms with Crippen LogP contribution in [0.1, 0.15) is 12.6 Å². The van der Waals surface area contributed by atoms with E-state index in [1.54, 1.807) is 0 Å². The summed E-state index contributed by atoms with van der Waals surface area (Å²) < 4.78 is 2.98. The van der Waals surface area contributed by atoms with E-state index in [0.717, 1.165) is 27.2 Å². The van der Waals surface area contributed by atoms with E-state index < -0.39 is 0 Å². The van der Waals surface area contributed by atoms with Gasteiger partial charge >= 0.3 is 0 Å². The lowest BCUT2D eigenvalue weighted by Crippen LogP contribution is -1.96. The highest BCUT2D eigenvalue weighted by Crippen LogP contribution is 2.30. The Hall–Kier alpha value is -0.800. The molecule has 0 aliphatic rings. The molecule has 0 aliphatic carbocycles. The SMILES string of the molecule is CCc1c(Br)c(-c2ccc(Cl)cc2)nn1C. The fourth-order valence-electron chi connectivity index (χ4n) is 1.71. The van der Waals surface area contributed by atoms with Gasteiger partial charge in [-0.25, -0.2) is 0 Å². The van der Waals surface area contributed by atoms with Crippen LogP contribution in [0.2, 0.25) is 5.02 Å². The molecular formula is C12H12BrClN2. The smallest absolute Gasteiger partial charge is 0.107 e. The number of benzene rings is 1. The normalized spacial score (nSPS) is 10.8. The van der Waals surface area contributed by atoms with Crippen molar-refractivity contribution in [2.45, 2.75) is 13.3 Å². The molecule has 0 saturated heterocycles. The minimum absolute atomic E-state index is 0.742. The Bertz CT molecular complexity index is 502. The Kier molecular flexibility index (Phi) is 3.36. The van der Waals surface area contributed by atoms with E-state index in [1.165, 1.54) is 5.69 Å².